The van der Waals surface area contributed by atoms with E-state index in [1.807, 2.05) is 6.07 Å². The molecule has 0 aliphatic carbocycles. The summed E-state index contributed by atoms with van der Waals surface area (Å²) in [7, 11) is 3.22. The molecule has 79 heavy (non-hydrogen) atoms. The lowest BCUT2D eigenvalue weighted by Gasteiger charge is -2.35. The second-order valence-electron chi connectivity index (χ2n) is 20.1. The summed E-state index contributed by atoms with van der Waals surface area (Å²) in [5.74, 6) is -8.80. The van der Waals surface area contributed by atoms with Crippen molar-refractivity contribution in [3.05, 3.63) is 83.4 Å². The van der Waals surface area contributed by atoms with Crippen LogP contribution < -0.4 is 10.6 Å². The number of ketones is 1. The van der Waals surface area contributed by atoms with E-state index in [-0.39, 0.29) is 100 Å². The van der Waals surface area contributed by atoms with E-state index in [0.717, 1.165) is 9.80 Å². The number of benzene rings is 2. The zero-order chi connectivity index (χ0) is 58.0. The van der Waals surface area contributed by atoms with Crippen molar-refractivity contribution in [1.29, 1.82) is 0 Å². The number of hydroxylamine groups is 4. The molecule has 2 N–H and O–H groups in total. The van der Waals surface area contributed by atoms with Gasteiger partial charge in [0.1, 0.15) is 0 Å². The molecule has 0 bridgehead atoms. The van der Waals surface area contributed by atoms with E-state index in [0.29, 0.717) is 78.3 Å². The average Bonchev–Trinajstić information content (AvgIpc) is 4.25. The highest BCUT2D eigenvalue weighted by atomic mass is 16.7. The van der Waals surface area contributed by atoms with E-state index in [9.17, 15) is 67.1 Å². The van der Waals surface area contributed by atoms with Crippen molar-refractivity contribution in [2.24, 2.45) is 23.2 Å². The topological polar surface area (TPSA) is 298 Å². The SMILES string of the molecule is CCC(C)(C(=O)NCCCNC(=O)c1ccc(C(=O)c2ccccc2)cc1)C1C(=O)N(CCCCCC(=O)ON2C(=O)CCC2=O)C(=O)C1CC(C)C(=O)N(C)C.O=C(CCCCCN1C(=O)C=CC1=O)ON1C(=O)CCC1=O. The number of hydrogen-bond donors (Lipinski definition) is 2. The van der Waals surface area contributed by atoms with Crippen LogP contribution in [0.1, 0.15) is 143 Å². The van der Waals surface area contributed by atoms with Gasteiger partial charge in [-0.05, 0) is 64.0 Å². The van der Waals surface area contributed by atoms with Crippen molar-refractivity contribution >= 4 is 82.7 Å². The van der Waals surface area contributed by atoms with E-state index in [1.54, 1.807) is 83.4 Å². The number of likely N-dealkylation sites (tertiary alicyclic amines) is 1. The van der Waals surface area contributed by atoms with Gasteiger partial charge >= 0.3 is 11.9 Å². The van der Waals surface area contributed by atoms with Crippen LogP contribution in [0.25, 0.3) is 0 Å². The van der Waals surface area contributed by atoms with Gasteiger partial charge in [-0.1, -0.05) is 69.2 Å². The van der Waals surface area contributed by atoms with Crippen LogP contribution in [0.2, 0.25) is 0 Å². The molecule has 4 aliphatic heterocycles. The number of rotatable bonds is 27. The molecule has 11 amide bonds. The molecular weight excluding hydrogens is 1030 g/mol. The predicted molar refractivity (Wildman–Crippen MR) is 278 cm³/mol. The Morgan fingerprint density at radius 1 is 0.608 bits per heavy atom. The fraction of sp³-hybridized carbons (Fsp3) is 0.500. The van der Waals surface area contributed by atoms with Crippen LogP contribution in [0.15, 0.2) is 66.7 Å². The highest BCUT2D eigenvalue weighted by Crippen LogP contribution is 2.45. The molecule has 3 saturated heterocycles. The summed E-state index contributed by atoms with van der Waals surface area (Å²) in [5, 5.41) is 6.72. The maximum absolute atomic E-state index is 14.1. The van der Waals surface area contributed by atoms with Gasteiger partial charge in [-0.25, -0.2) is 9.59 Å². The molecule has 2 aromatic rings. The molecular formula is C56H69N7O16. The lowest BCUT2D eigenvalue weighted by Crippen LogP contribution is -2.49. The number of nitrogens with zero attached hydrogens (tertiary/aromatic N) is 5. The molecule has 424 valence electrons. The first-order valence-electron chi connectivity index (χ1n) is 26.6. The molecule has 3 fully saturated rings. The first kappa shape index (κ1) is 61.6. The van der Waals surface area contributed by atoms with E-state index >= 15 is 0 Å². The smallest absolute Gasteiger partial charge is 0.333 e. The predicted octanol–water partition coefficient (Wildman–Crippen LogP) is 3.53. The monoisotopic (exact) mass is 1100 g/mol. The van der Waals surface area contributed by atoms with E-state index in [2.05, 4.69) is 10.6 Å². The third kappa shape index (κ3) is 16.4. The Kier molecular flexibility index (Phi) is 22.6. The summed E-state index contributed by atoms with van der Waals surface area (Å²) < 4.78 is 0. The van der Waals surface area contributed by atoms with E-state index < -0.39 is 76.5 Å². The van der Waals surface area contributed by atoms with E-state index in [1.165, 1.54) is 17.1 Å². The van der Waals surface area contributed by atoms with Gasteiger partial charge in [-0.3, -0.25) is 67.3 Å². The van der Waals surface area contributed by atoms with Gasteiger partial charge < -0.3 is 25.2 Å². The molecule has 23 nitrogen and oxygen atoms in total. The average molecular weight is 1100 g/mol. The lowest BCUT2D eigenvalue weighted by atomic mass is 9.67. The van der Waals surface area contributed by atoms with Gasteiger partial charge in [0.25, 0.3) is 41.4 Å². The molecule has 2 aromatic carbocycles. The molecule has 4 heterocycles. The van der Waals surface area contributed by atoms with Gasteiger partial charge in [0.2, 0.25) is 23.6 Å². The Balaban J connectivity index is 0.000000433. The molecule has 0 aromatic heterocycles. The largest absolute Gasteiger partial charge is 0.356 e. The molecule has 23 heteroatoms. The minimum Gasteiger partial charge on any atom is -0.356 e. The fourth-order valence-corrected chi connectivity index (χ4v) is 9.43. The second kappa shape index (κ2) is 28.9. The third-order valence-electron chi connectivity index (χ3n) is 14.1. The van der Waals surface area contributed by atoms with Crippen molar-refractivity contribution in [3.63, 3.8) is 0 Å². The van der Waals surface area contributed by atoms with Crippen LogP contribution in [0.4, 0.5) is 0 Å². The Labute approximate surface area is 457 Å². The number of amides is 11. The van der Waals surface area contributed by atoms with Crippen LogP contribution in [-0.4, -0.2) is 148 Å². The van der Waals surface area contributed by atoms with Crippen LogP contribution in [0, 0.1) is 23.2 Å². The molecule has 4 atom stereocenters. The van der Waals surface area contributed by atoms with Crippen molar-refractivity contribution in [2.45, 2.75) is 117 Å². The zero-order valence-electron chi connectivity index (χ0n) is 45.3. The molecule has 0 radical (unpaired) electrons. The quantitative estimate of drug-likeness (QED) is 0.0735. The standard InChI is InChI=1S/C42H53N5O10.C14H16N2O6/c1-6-42(3,41(56)44-24-13-23-43-37(52)30-19-17-29(18-20-30)36(51)28-14-9-7-10-15-28)35-31(26-27(2)38(53)45(4)5)39(54)46(40(35)55)25-12-8-11-16-34(50)57-47-32(48)21-22-33(47)49;17-10-5-6-11(18)15(10)9-3-1-2-4-14(21)22-16-12(19)7-8-13(16)20/h7,9-10,14-15,17-20,27,31,35H,6,8,11-13,16,21-26H2,1-5H3,(H,43,52)(H,44,56);5-6H,1-4,7-9H2. The zero-order valence-corrected chi connectivity index (χ0v) is 45.3. The van der Waals surface area contributed by atoms with Crippen molar-refractivity contribution in [1.82, 2.24) is 35.5 Å². The Morgan fingerprint density at radius 3 is 1.57 bits per heavy atom. The van der Waals surface area contributed by atoms with Crippen LogP contribution >= 0.6 is 0 Å². The van der Waals surface area contributed by atoms with E-state index in [4.69, 9.17) is 9.68 Å². The minimum absolute atomic E-state index is 0.00887. The molecule has 0 saturated carbocycles. The van der Waals surface area contributed by atoms with Crippen LogP contribution in [0.3, 0.4) is 0 Å². The molecule has 0 spiro atoms. The molecule has 4 aliphatic rings. The molecule has 6 rings (SSSR count). The minimum atomic E-state index is -1.30. The number of carbonyl (C=O) groups excluding carboxylic acids is 14. The third-order valence-corrected chi connectivity index (χ3v) is 14.1. The second-order valence-corrected chi connectivity index (χ2v) is 20.1. The Bertz CT molecular complexity index is 2660. The van der Waals surface area contributed by atoms with Crippen LogP contribution in [0.5, 0.6) is 0 Å². The highest BCUT2D eigenvalue weighted by Gasteiger charge is 2.57. The summed E-state index contributed by atoms with van der Waals surface area (Å²) in [6, 6.07) is 15.2. The van der Waals surface area contributed by atoms with Gasteiger partial charge in [0.05, 0.1) is 17.3 Å². The van der Waals surface area contributed by atoms with Crippen molar-refractivity contribution < 1.29 is 76.8 Å². The van der Waals surface area contributed by atoms with Gasteiger partial charge in [0.15, 0.2) is 5.78 Å². The number of unbranched alkanes of at least 4 members (excludes halogenated alkanes) is 4. The Hall–Kier alpha value is -8.24. The maximum Gasteiger partial charge on any atom is 0.333 e. The number of hydrogen-bond acceptors (Lipinski definition) is 16. The summed E-state index contributed by atoms with van der Waals surface area (Å²) in [4.78, 5) is 186. The number of carbonyl (C=O) groups is 14. The first-order chi connectivity index (χ1) is 37.6. The van der Waals surface area contributed by atoms with Gasteiger partial charge in [-0.15, -0.1) is 10.1 Å². The van der Waals surface area contributed by atoms with Crippen molar-refractivity contribution in [2.75, 3.05) is 40.3 Å². The van der Waals surface area contributed by atoms with Crippen LogP contribution in [-0.2, 0) is 67.2 Å². The highest BCUT2D eigenvalue weighted by molar-refractivity contribution is 6.13. The molecule has 4 unspecified atom stereocenters. The lowest BCUT2D eigenvalue weighted by molar-refractivity contribution is -0.197. The number of nitrogens with one attached hydrogen (secondary N) is 2. The summed E-state index contributed by atoms with van der Waals surface area (Å²) in [6.07, 6.45) is 6.03. The van der Waals surface area contributed by atoms with Gasteiger partial charge in [0, 0.05) is 114 Å². The summed E-state index contributed by atoms with van der Waals surface area (Å²) >= 11 is 0. The fourth-order valence-electron chi connectivity index (χ4n) is 9.43. The Morgan fingerprint density at radius 2 is 1.08 bits per heavy atom. The summed E-state index contributed by atoms with van der Waals surface area (Å²) in [6.45, 7) is 5.89. The van der Waals surface area contributed by atoms with Gasteiger partial charge in [-0.2, -0.15) is 0 Å². The number of imide groups is 4. The van der Waals surface area contributed by atoms with Crippen molar-refractivity contribution in [3.8, 4) is 0 Å². The maximum atomic E-state index is 14.1. The normalized spacial score (nSPS) is 18.1. The first-order valence-corrected chi connectivity index (χ1v) is 26.6. The summed E-state index contributed by atoms with van der Waals surface area (Å²) in [5.41, 5.74) is 0.0764.